The van der Waals surface area contributed by atoms with Crippen LogP contribution < -0.4 is 0 Å². The molecule has 5 rings (SSSR count). The van der Waals surface area contributed by atoms with E-state index in [1.165, 1.54) is 0 Å². The van der Waals surface area contributed by atoms with Gasteiger partial charge in [-0.2, -0.15) is 4.98 Å². The number of rotatable bonds is 8. The summed E-state index contributed by atoms with van der Waals surface area (Å²) in [6.07, 6.45) is 6.63. The third kappa shape index (κ3) is 4.74. The molecule has 1 unspecified atom stereocenters. The molecule has 3 fully saturated rings. The standard InChI is InChI=1S/C25H33N3O4/c29-24(25(11-12-25)21-6-2-1-3-7-21)28-13-4-5-20(17-28)23-26-22(27-32-23)10-16-31-18-19-8-14-30-15-9-19/h1-3,6-7,19-20H,4-5,8-18H2. The highest BCUT2D eigenvalue weighted by Gasteiger charge is 2.53. The summed E-state index contributed by atoms with van der Waals surface area (Å²) in [7, 11) is 0. The number of carbonyl (C=O) groups excluding carboxylic acids is 1. The normalized spacial score (nSPS) is 23.2. The number of aromatic nitrogens is 2. The topological polar surface area (TPSA) is 77.7 Å². The van der Waals surface area contributed by atoms with Crippen molar-refractivity contribution < 1.29 is 18.8 Å². The van der Waals surface area contributed by atoms with Gasteiger partial charge in [0.1, 0.15) is 0 Å². The Balaban J connectivity index is 1.13. The van der Waals surface area contributed by atoms with Gasteiger partial charge >= 0.3 is 0 Å². The summed E-state index contributed by atoms with van der Waals surface area (Å²) in [6.45, 7) is 4.54. The Morgan fingerprint density at radius 1 is 1.16 bits per heavy atom. The maximum atomic E-state index is 13.4. The van der Waals surface area contributed by atoms with E-state index in [4.69, 9.17) is 14.0 Å². The number of piperidine rings is 1. The second kappa shape index (κ2) is 9.71. The van der Waals surface area contributed by atoms with E-state index in [-0.39, 0.29) is 17.2 Å². The lowest BCUT2D eigenvalue weighted by Crippen LogP contribution is -2.44. The lowest BCUT2D eigenvalue weighted by Gasteiger charge is -2.34. The molecule has 2 aromatic rings. The molecule has 1 amide bonds. The Bertz CT molecular complexity index is 890. The molecule has 7 heteroatoms. The van der Waals surface area contributed by atoms with Gasteiger partial charge in [-0.25, -0.2) is 0 Å². The number of nitrogens with zero attached hydrogens (tertiary/aromatic N) is 3. The van der Waals surface area contributed by atoms with Crippen molar-refractivity contribution in [3.05, 3.63) is 47.6 Å². The van der Waals surface area contributed by atoms with Crippen LogP contribution in [0.3, 0.4) is 0 Å². The highest BCUT2D eigenvalue weighted by molar-refractivity contribution is 5.91. The zero-order valence-corrected chi connectivity index (χ0v) is 18.7. The van der Waals surface area contributed by atoms with Crippen LogP contribution in [0.15, 0.2) is 34.9 Å². The third-order valence-electron chi connectivity index (χ3n) is 7.19. The summed E-state index contributed by atoms with van der Waals surface area (Å²) in [4.78, 5) is 20.1. The summed E-state index contributed by atoms with van der Waals surface area (Å²) >= 11 is 0. The van der Waals surface area contributed by atoms with Crippen molar-refractivity contribution in [1.82, 2.24) is 15.0 Å². The van der Waals surface area contributed by atoms with Gasteiger partial charge in [-0.15, -0.1) is 0 Å². The number of benzene rings is 1. The van der Waals surface area contributed by atoms with E-state index in [2.05, 4.69) is 22.3 Å². The predicted molar refractivity (Wildman–Crippen MR) is 118 cm³/mol. The molecule has 32 heavy (non-hydrogen) atoms. The van der Waals surface area contributed by atoms with Gasteiger partial charge < -0.3 is 18.9 Å². The van der Waals surface area contributed by atoms with Crippen molar-refractivity contribution in [2.24, 2.45) is 5.92 Å². The van der Waals surface area contributed by atoms with Crippen molar-refractivity contribution in [2.75, 3.05) is 39.5 Å². The van der Waals surface area contributed by atoms with Crippen LogP contribution in [0.5, 0.6) is 0 Å². The Morgan fingerprint density at radius 3 is 2.75 bits per heavy atom. The average molecular weight is 440 g/mol. The lowest BCUT2D eigenvalue weighted by atomic mass is 9.91. The molecular formula is C25H33N3O4. The lowest BCUT2D eigenvalue weighted by molar-refractivity contribution is -0.135. The first-order valence-electron chi connectivity index (χ1n) is 12.1. The van der Waals surface area contributed by atoms with E-state index in [1.54, 1.807) is 0 Å². The van der Waals surface area contributed by atoms with Crippen molar-refractivity contribution in [2.45, 2.75) is 56.3 Å². The van der Waals surface area contributed by atoms with Gasteiger partial charge in [0.15, 0.2) is 5.82 Å². The van der Waals surface area contributed by atoms with Crippen molar-refractivity contribution >= 4 is 5.91 Å². The maximum absolute atomic E-state index is 13.4. The van der Waals surface area contributed by atoms with Gasteiger partial charge in [-0.3, -0.25) is 4.79 Å². The smallest absolute Gasteiger partial charge is 0.233 e. The number of carbonyl (C=O) groups is 1. The third-order valence-corrected chi connectivity index (χ3v) is 7.19. The zero-order valence-electron chi connectivity index (χ0n) is 18.7. The molecule has 1 saturated carbocycles. The van der Waals surface area contributed by atoms with E-state index in [9.17, 15) is 4.79 Å². The highest BCUT2D eigenvalue weighted by atomic mass is 16.5. The molecule has 1 atom stereocenters. The second-order valence-corrected chi connectivity index (χ2v) is 9.47. The molecule has 0 N–H and O–H groups in total. The molecule has 1 aliphatic carbocycles. The quantitative estimate of drug-likeness (QED) is 0.586. The van der Waals surface area contributed by atoms with Crippen molar-refractivity contribution in [1.29, 1.82) is 0 Å². The van der Waals surface area contributed by atoms with Crippen LogP contribution in [0.2, 0.25) is 0 Å². The number of hydrogen-bond acceptors (Lipinski definition) is 6. The second-order valence-electron chi connectivity index (χ2n) is 9.47. The van der Waals surface area contributed by atoms with Crippen LogP contribution >= 0.6 is 0 Å². The largest absolute Gasteiger partial charge is 0.381 e. The first-order chi connectivity index (χ1) is 15.7. The van der Waals surface area contributed by atoms with Crippen molar-refractivity contribution in [3.63, 3.8) is 0 Å². The fourth-order valence-corrected chi connectivity index (χ4v) is 5.04. The highest BCUT2D eigenvalue weighted by Crippen LogP contribution is 2.50. The minimum absolute atomic E-state index is 0.115. The predicted octanol–water partition coefficient (Wildman–Crippen LogP) is 3.49. The van der Waals surface area contributed by atoms with Crippen LogP contribution in [0.25, 0.3) is 0 Å². The number of hydrogen-bond donors (Lipinski definition) is 0. The Morgan fingerprint density at radius 2 is 1.97 bits per heavy atom. The van der Waals surface area contributed by atoms with Crippen LogP contribution in [0, 0.1) is 5.92 Å². The molecule has 2 saturated heterocycles. The Hall–Kier alpha value is -2.25. The molecule has 1 aromatic heterocycles. The molecule has 3 aliphatic rings. The summed E-state index contributed by atoms with van der Waals surface area (Å²) in [6, 6.07) is 10.2. The fourth-order valence-electron chi connectivity index (χ4n) is 5.04. The SMILES string of the molecule is O=C(N1CCCC(c2nc(CCOCC3CCOCC3)no2)C1)C1(c2ccccc2)CC1. The number of amides is 1. The molecule has 172 valence electrons. The molecule has 7 nitrogen and oxygen atoms in total. The van der Waals surface area contributed by atoms with Crippen molar-refractivity contribution in [3.8, 4) is 0 Å². The van der Waals surface area contributed by atoms with Gasteiger partial charge in [-0.05, 0) is 50.0 Å². The Labute approximate surface area is 189 Å². The molecule has 0 spiro atoms. The molecule has 0 radical (unpaired) electrons. The molecule has 2 aliphatic heterocycles. The first-order valence-corrected chi connectivity index (χ1v) is 12.1. The molecule has 3 heterocycles. The fraction of sp³-hybridized carbons (Fsp3) is 0.640. The van der Waals surface area contributed by atoms with E-state index < -0.39 is 0 Å². The van der Waals surface area contributed by atoms with Gasteiger partial charge in [0, 0.05) is 39.3 Å². The molecular weight excluding hydrogens is 406 g/mol. The summed E-state index contributed by atoms with van der Waals surface area (Å²) < 4.78 is 16.8. The maximum Gasteiger partial charge on any atom is 0.233 e. The number of likely N-dealkylation sites (tertiary alicyclic amines) is 1. The molecule has 0 bridgehead atoms. The van der Waals surface area contributed by atoms with E-state index in [0.29, 0.717) is 37.2 Å². The summed E-state index contributed by atoms with van der Waals surface area (Å²) in [5, 5.41) is 4.16. The minimum atomic E-state index is -0.315. The summed E-state index contributed by atoms with van der Waals surface area (Å²) in [5.74, 6) is 2.32. The van der Waals surface area contributed by atoms with Crippen LogP contribution in [0.1, 0.15) is 61.7 Å². The molecule has 1 aromatic carbocycles. The van der Waals surface area contributed by atoms with Crippen LogP contribution in [0.4, 0.5) is 0 Å². The number of ether oxygens (including phenoxy) is 2. The van der Waals surface area contributed by atoms with Gasteiger partial charge in [-0.1, -0.05) is 35.5 Å². The summed E-state index contributed by atoms with van der Waals surface area (Å²) in [5.41, 5.74) is 0.832. The Kier molecular flexibility index (Phi) is 6.55. The first kappa shape index (κ1) is 21.6. The van der Waals surface area contributed by atoms with E-state index in [0.717, 1.165) is 70.5 Å². The average Bonchev–Trinajstić information content (AvgIpc) is 3.54. The van der Waals surface area contributed by atoms with Gasteiger partial charge in [0.2, 0.25) is 11.8 Å². The zero-order chi connectivity index (χ0) is 21.8. The minimum Gasteiger partial charge on any atom is -0.381 e. The van der Waals surface area contributed by atoms with E-state index in [1.807, 2.05) is 23.1 Å². The van der Waals surface area contributed by atoms with Gasteiger partial charge in [0.25, 0.3) is 0 Å². The van der Waals surface area contributed by atoms with Gasteiger partial charge in [0.05, 0.1) is 17.9 Å². The van der Waals surface area contributed by atoms with E-state index >= 15 is 0 Å². The van der Waals surface area contributed by atoms with Crippen LogP contribution in [-0.2, 0) is 26.1 Å². The van der Waals surface area contributed by atoms with Crippen LogP contribution in [-0.4, -0.2) is 60.5 Å². The monoisotopic (exact) mass is 439 g/mol.